The number of likely N-dealkylation sites (tertiary alicyclic amines) is 1. The van der Waals surface area contributed by atoms with E-state index in [4.69, 9.17) is 9.47 Å². The molecule has 1 aliphatic heterocycles. The van der Waals surface area contributed by atoms with Gasteiger partial charge in [0.15, 0.2) is 5.56 Å². The number of aryl methyl sites for hydroxylation is 1. The highest BCUT2D eigenvalue weighted by molar-refractivity contribution is 5.96. The SMILES string of the molecule is C=CCCc1nc(O)c(C(=O)N2CC[C@H](c3ccccc3)C2)c(=O)n1-c1c(OC)cccc1OC. The number of aromatic nitrogens is 2. The molecular formula is C27H29N3O5. The molecule has 0 saturated carbocycles. The maximum atomic E-state index is 13.8. The first-order valence-corrected chi connectivity index (χ1v) is 11.5. The molecular weight excluding hydrogens is 446 g/mol. The van der Waals surface area contributed by atoms with Crippen LogP contribution in [-0.2, 0) is 6.42 Å². The fourth-order valence-electron chi connectivity index (χ4n) is 4.52. The van der Waals surface area contributed by atoms with E-state index in [1.165, 1.54) is 18.8 Å². The molecule has 182 valence electrons. The molecule has 1 fully saturated rings. The van der Waals surface area contributed by atoms with E-state index in [9.17, 15) is 14.7 Å². The second-order valence-corrected chi connectivity index (χ2v) is 8.35. The number of para-hydroxylation sites is 1. The monoisotopic (exact) mass is 475 g/mol. The molecule has 35 heavy (non-hydrogen) atoms. The van der Waals surface area contributed by atoms with Crippen LogP contribution in [0.5, 0.6) is 17.4 Å². The zero-order chi connectivity index (χ0) is 24.9. The van der Waals surface area contributed by atoms with Crippen molar-refractivity contribution < 1.29 is 19.4 Å². The lowest BCUT2D eigenvalue weighted by Crippen LogP contribution is -2.37. The minimum Gasteiger partial charge on any atom is -0.494 e. The molecule has 0 radical (unpaired) electrons. The third-order valence-electron chi connectivity index (χ3n) is 6.29. The maximum Gasteiger partial charge on any atom is 0.275 e. The molecule has 3 aromatic rings. The number of aromatic hydroxyl groups is 1. The van der Waals surface area contributed by atoms with Crippen molar-refractivity contribution in [2.75, 3.05) is 27.3 Å². The number of rotatable bonds is 8. The average Bonchev–Trinajstić information content (AvgIpc) is 3.38. The number of carbonyl (C=O) groups is 1. The lowest BCUT2D eigenvalue weighted by atomic mass is 9.99. The number of ether oxygens (including phenoxy) is 2. The zero-order valence-corrected chi connectivity index (χ0v) is 19.9. The molecule has 1 aromatic heterocycles. The van der Waals surface area contributed by atoms with Crippen LogP contribution in [0, 0.1) is 0 Å². The van der Waals surface area contributed by atoms with Crippen molar-refractivity contribution in [1.29, 1.82) is 0 Å². The summed E-state index contributed by atoms with van der Waals surface area (Å²) < 4.78 is 12.3. The molecule has 0 spiro atoms. The summed E-state index contributed by atoms with van der Waals surface area (Å²) in [4.78, 5) is 33.2. The molecule has 1 aliphatic rings. The third kappa shape index (κ3) is 4.64. The van der Waals surface area contributed by atoms with E-state index < -0.39 is 17.3 Å². The lowest BCUT2D eigenvalue weighted by molar-refractivity contribution is 0.0784. The van der Waals surface area contributed by atoms with E-state index >= 15 is 0 Å². The number of benzene rings is 2. The van der Waals surface area contributed by atoms with Crippen molar-refractivity contribution in [1.82, 2.24) is 14.5 Å². The Morgan fingerprint density at radius 2 is 1.83 bits per heavy atom. The van der Waals surface area contributed by atoms with Crippen molar-refractivity contribution in [3.8, 4) is 23.1 Å². The van der Waals surface area contributed by atoms with Gasteiger partial charge in [0.05, 0.1) is 14.2 Å². The zero-order valence-electron chi connectivity index (χ0n) is 19.9. The molecule has 0 aliphatic carbocycles. The van der Waals surface area contributed by atoms with Gasteiger partial charge in [-0.1, -0.05) is 42.5 Å². The Hall–Kier alpha value is -4.07. The topological polar surface area (TPSA) is 93.9 Å². The summed E-state index contributed by atoms with van der Waals surface area (Å²) in [7, 11) is 2.97. The smallest absolute Gasteiger partial charge is 0.275 e. The van der Waals surface area contributed by atoms with E-state index in [0.717, 1.165) is 12.0 Å². The van der Waals surface area contributed by atoms with Crippen molar-refractivity contribution in [2.45, 2.75) is 25.2 Å². The van der Waals surface area contributed by atoms with Crippen LogP contribution < -0.4 is 15.0 Å². The fraction of sp³-hybridized carbons (Fsp3) is 0.296. The Balaban J connectivity index is 1.81. The molecule has 8 heteroatoms. The van der Waals surface area contributed by atoms with Gasteiger partial charge in [0, 0.05) is 25.4 Å². The summed E-state index contributed by atoms with van der Waals surface area (Å²) in [6.07, 6.45) is 3.30. The van der Waals surface area contributed by atoms with E-state index in [2.05, 4.69) is 11.6 Å². The van der Waals surface area contributed by atoms with Gasteiger partial charge in [-0.05, 0) is 30.5 Å². The van der Waals surface area contributed by atoms with Crippen LogP contribution in [0.3, 0.4) is 0 Å². The highest BCUT2D eigenvalue weighted by atomic mass is 16.5. The fourth-order valence-corrected chi connectivity index (χ4v) is 4.52. The van der Waals surface area contributed by atoms with Gasteiger partial charge in [-0.15, -0.1) is 6.58 Å². The second-order valence-electron chi connectivity index (χ2n) is 8.35. The summed E-state index contributed by atoms with van der Waals surface area (Å²) in [6, 6.07) is 15.1. The summed E-state index contributed by atoms with van der Waals surface area (Å²) in [5, 5.41) is 10.7. The quantitative estimate of drug-likeness (QED) is 0.500. The van der Waals surface area contributed by atoms with Gasteiger partial charge in [-0.25, -0.2) is 0 Å². The number of hydrogen-bond donors (Lipinski definition) is 1. The van der Waals surface area contributed by atoms with Gasteiger partial charge >= 0.3 is 0 Å². The minimum atomic E-state index is -0.674. The Morgan fingerprint density at radius 1 is 1.14 bits per heavy atom. The number of methoxy groups -OCH3 is 2. The standard InChI is InChI=1S/C27H29N3O5/c1-4-5-14-22-28-25(31)23(26(32)29-16-15-19(17-29)18-10-7-6-8-11-18)27(33)30(22)24-20(34-2)12-9-13-21(24)35-3/h4,6-13,19,31H,1,5,14-17H2,2-3H3/t19-/m0/s1. The van der Waals surface area contributed by atoms with Gasteiger partial charge in [0.25, 0.3) is 11.5 Å². The molecule has 1 atom stereocenters. The van der Waals surface area contributed by atoms with Crippen LogP contribution in [0.15, 0.2) is 66.0 Å². The van der Waals surface area contributed by atoms with Crippen LogP contribution in [0.4, 0.5) is 0 Å². The normalized spacial score (nSPS) is 15.1. The van der Waals surface area contributed by atoms with Gasteiger partial charge in [0.2, 0.25) is 5.88 Å². The molecule has 1 N–H and O–H groups in total. The molecule has 8 nitrogen and oxygen atoms in total. The van der Waals surface area contributed by atoms with E-state index in [-0.39, 0.29) is 17.3 Å². The number of hydrogen-bond acceptors (Lipinski definition) is 6. The van der Waals surface area contributed by atoms with Gasteiger partial charge < -0.3 is 19.5 Å². The Kier molecular flexibility index (Phi) is 7.19. The van der Waals surface area contributed by atoms with Crippen LogP contribution in [-0.4, -0.2) is 52.8 Å². The number of allylic oxidation sites excluding steroid dienone is 1. The third-order valence-corrected chi connectivity index (χ3v) is 6.29. The van der Waals surface area contributed by atoms with E-state index in [0.29, 0.717) is 43.1 Å². The summed E-state index contributed by atoms with van der Waals surface area (Å²) >= 11 is 0. The maximum absolute atomic E-state index is 13.8. The van der Waals surface area contributed by atoms with Crippen LogP contribution in [0.2, 0.25) is 0 Å². The Morgan fingerprint density at radius 3 is 2.46 bits per heavy atom. The first kappa shape index (κ1) is 24.1. The van der Waals surface area contributed by atoms with Crippen LogP contribution in [0.1, 0.15) is 40.5 Å². The average molecular weight is 476 g/mol. The number of carbonyl (C=O) groups excluding carboxylic acids is 1. The first-order valence-electron chi connectivity index (χ1n) is 11.5. The largest absolute Gasteiger partial charge is 0.494 e. The van der Waals surface area contributed by atoms with Crippen molar-refractivity contribution in [3.05, 3.63) is 88.5 Å². The molecule has 0 bridgehead atoms. The Bertz CT molecular complexity index is 1260. The molecule has 0 unspecified atom stereocenters. The lowest BCUT2D eigenvalue weighted by Gasteiger charge is -2.21. The molecule has 2 aromatic carbocycles. The highest BCUT2D eigenvalue weighted by Crippen LogP contribution is 2.34. The van der Waals surface area contributed by atoms with Crippen molar-refractivity contribution in [3.63, 3.8) is 0 Å². The van der Waals surface area contributed by atoms with Crippen molar-refractivity contribution in [2.24, 2.45) is 0 Å². The van der Waals surface area contributed by atoms with Gasteiger partial charge in [0.1, 0.15) is 23.0 Å². The summed E-state index contributed by atoms with van der Waals surface area (Å²) in [5.74, 6) is 0.0719. The van der Waals surface area contributed by atoms with Crippen molar-refractivity contribution >= 4 is 5.91 Å². The first-order chi connectivity index (χ1) is 17.0. The number of nitrogens with zero attached hydrogens (tertiary/aromatic N) is 3. The summed E-state index contributed by atoms with van der Waals surface area (Å²) in [6.45, 7) is 4.67. The van der Waals surface area contributed by atoms with Crippen LogP contribution in [0.25, 0.3) is 5.69 Å². The highest BCUT2D eigenvalue weighted by Gasteiger charge is 2.33. The van der Waals surface area contributed by atoms with Gasteiger partial charge in [-0.3, -0.25) is 14.2 Å². The Labute approximate surface area is 204 Å². The molecule has 1 saturated heterocycles. The summed E-state index contributed by atoms with van der Waals surface area (Å²) in [5.41, 5.74) is 0.425. The second kappa shape index (κ2) is 10.5. The van der Waals surface area contributed by atoms with E-state index in [1.807, 2.05) is 30.3 Å². The predicted octanol–water partition coefficient (Wildman–Crippen LogP) is 3.70. The van der Waals surface area contributed by atoms with E-state index in [1.54, 1.807) is 29.2 Å². The van der Waals surface area contributed by atoms with Gasteiger partial charge in [-0.2, -0.15) is 4.98 Å². The number of amides is 1. The van der Waals surface area contributed by atoms with Crippen LogP contribution >= 0.6 is 0 Å². The molecule has 2 heterocycles. The minimum absolute atomic E-state index is 0.165. The molecule has 1 amide bonds. The molecule has 4 rings (SSSR count). The predicted molar refractivity (Wildman–Crippen MR) is 133 cm³/mol.